The van der Waals surface area contributed by atoms with Gasteiger partial charge in [0.2, 0.25) is 17.8 Å². The molecular weight excluding hydrogens is 236 g/mol. The second-order valence-electron chi connectivity index (χ2n) is 3.68. The molecule has 0 radical (unpaired) electrons. The Morgan fingerprint density at radius 3 is 2.78 bits per heavy atom. The highest BCUT2D eigenvalue weighted by Gasteiger charge is 2.13. The lowest BCUT2D eigenvalue weighted by Gasteiger charge is -2.10. The van der Waals surface area contributed by atoms with Gasteiger partial charge in [-0.3, -0.25) is 0 Å². The van der Waals surface area contributed by atoms with Crippen LogP contribution in [0, 0.1) is 6.92 Å². The van der Waals surface area contributed by atoms with Crippen molar-refractivity contribution in [3.8, 4) is 6.01 Å². The van der Waals surface area contributed by atoms with Crippen LogP contribution in [0.2, 0.25) is 0 Å². The minimum Gasteiger partial charge on any atom is -0.467 e. The van der Waals surface area contributed by atoms with E-state index in [-0.39, 0.29) is 18.0 Å². The lowest BCUT2D eigenvalue weighted by molar-refractivity contribution is 0.379. The van der Waals surface area contributed by atoms with Crippen molar-refractivity contribution in [3.63, 3.8) is 0 Å². The highest BCUT2D eigenvalue weighted by Crippen LogP contribution is 2.17. The number of aryl methyl sites for hydroxylation is 1. The largest absolute Gasteiger partial charge is 0.467 e. The van der Waals surface area contributed by atoms with Gasteiger partial charge in [0.05, 0.1) is 13.3 Å². The number of nitrogens with zero attached hydrogens (tertiary/aromatic N) is 4. The lowest BCUT2D eigenvalue weighted by atomic mass is 10.3. The summed E-state index contributed by atoms with van der Waals surface area (Å²) in [6.07, 6.45) is 1.65. The molecule has 2 rings (SSSR count). The number of rotatable bonds is 4. The maximum Gasteiger partial charge on any atom is 0.322 e. The molecule has 0 aliphatic carbocycles. The van der Waals surface area contributed by atoms with Crippen molar-refractivity contribution in [2.75, 3.05) is 18.2 Å². The molecule has 0 saturated carbocycles. The minimum absolute atomic E-state index is 0.0835. The average Bonchev–Trinajstić information content (AvgIpc) is 2.75. The van der Waals surface area contributed by atoms with Crippen LogP contribution in [-0.2, 0) is 0 Å². The Morgan fingerprint density at radius 1 is 1.39 bits per heavy atom. The molecule has 1 atom stereocenters. The summed E-state index contributed by atoms with van der Waals surface area (Å²) in [4.78, 5) is 15.9. The molecule has 0 saturated heterocycles. The molecule has 3 N–H and O–H groups in total. The Morgan fingerprint density at radius 2 is 2.17 bits per heavy atom. The summed E-state index contributed by atoms with van der Waals surface area (Å²) in [5.74, 6) is 1.68. The molecule has 1 unspecified atom stereocenters. The fourth-order valence-corrected chi connectivity index (χ4v) is 1.36. The van der Waals surface area contributed by atoms with Crippen LogP contribution in [0.5, 0.6) is 6.01 Å². The van der Waals surface area contributed by atoms with Gasteiger partial charge < -0.3 is 20.2 Å². The molecule has 0 aliphatic rings. The summed E-state index contributed by atoms with van der Waals surface area (Å²) < 4.78 is 10.3. The monoisotopic (exact) mass is 250 g/mol. The van der Waals surface area contributed by atoms with E-state index in [9.17, 15) is 0 Å². The van der Waals surface area contributed by atoms with Gasteiger partial charge in [-0.2, -0.15) is 15.0 Å². The van der Waals surface area contributed by atoms with Gasteiger partial charge in [-0.25, -0.2) is 4.98 Å². The van der Waals surface area contributed by atoms with Gasteiger partial charge in [-0.15, -0.1) is 0 Å². The van der Waals surface area contributed by atoms with Crippen molar-refractivity contribution in [1.29, 1.82) is 0 Å². The first-order valence-corrected chi connectivity index (χ1v) is 5.33. The van der Waals surface area contributed by atoms with E-state index in [1.165, 1.54) is 7.11 Å². The molecule has 2 aromatic rings. The van der Waals surface area contributed by atoms with Gasteiger partial charge in [-0.1, -0.05) is 0 Å². The van der Waals surface area contributed by atoms with E-state index in [1.54, 1.807) is 6.20 Å². The average molecular weight is 250 g/mol. The third-order valence-corrected chi connectivity index (χ3v) is 2.17. The molecule has 8 nitrogen and oxygen atoms in total. The van der Waals surface area contributed by atoms with Crippen molar-refractivity contribution < 1.29 is 9.15 Å². The third kappa shape index (κ3) is 2.65. The number of nitrogens with two attached hydrogens (primary N) is 1. The zero-order valence-corrected chi connectivity index (χ0v) is 10.3. The van der Waals surface area contributed by atoms with Crippen molar-refractivity contribution in [1.82, 2.24) is 19.9 Å². The van der Waals surface area contributed by atoms with E-state index in [1.807, 2.05) is 13.8 Å². The number of anilines is 2. The smallest absolute Gasteiger partial charge is 0.322 e. The summed E-state index contributed by atoms with van der Waals surface area (Å²) in [6, 6.07) is -0.0361. The normalized spacial score (nSPS) is 12.2. The molecule has 18 heavy (non-hydrogen) atoms. The number of aromatic nitrogens is 4. The molecule has 0 spiro atoms. The summed E-state index contributed by atoms with van der Waals surface area (Å²) in [5, 5.41) is 3.01. The first-order valence-electron chi connectivity index (χ1n) is 5.33. The fourth-order valence-electron chi connectivity index (χ4n) is 1.36. The molecule has 96 valence electrons. The van der Waals surface area contributed by atoms with Crippen molar-refractivity contribution >= 4 is 11.9 Å². The van der Waals surface area contributed by atoms with Crippen LogP contribution in [-0.4, -0.2) is 27.0 Å². The molecule has 0 bridgehead atoms. The molecule has 0 amide bonds. The number of oxazole rings is 1. The van der Waals surface area contributed by atoms with Gasteiger partial charge >= 0.3 is 6.01 Å². The molecule has 2 aromatic heterocycles. The van der Waals surface area contributed by atoms with E-state index in [0.29, 0.717) is 11.8 Å². The van der Waals surface area contributed by atoms with Crippen LogP contribution >= 0.6 is 0 Å². The molecule has 0 aromatic carbocycles. The number of nitrogens with one attached hydrogen (secondary N) is 1. The SMILES string of the molecule is COc1nc(N)nc(NC(C)c2ncc(C)o2)n1. The summed E-state index contributed by atoms with van der Waals surface area (Å²) in [5.41, 5.74) is 5.53. The van der Waals surface area contributed by atoms with E-state index in [0.717, 1.165) is 5.76 Å². The van der Waals surface area contributed by atoms with Gasteiger partial charge in [0, 0.05) is 0 Å². The van der Waals surface area contributed by atoms with Crippen molar-refractivity contribution in [2.45, 2.75) is 19.9 Å². The first kappa shape index (κ1) is 12.1. The maximum atomic E-state index is 5.53. The Balaban J connectivity index is 2.16. The number of ether oxygens (including phenoxy) is 1. The zero-order valence-electron chi connectivity index (χ0n) is 10.3. The number of nitrogen functional groups attached to an aromatic ring is 1. The Hall–Kier alpha value is -2.38. The van der Waals surface area contributed by atoms with E-state index < -0.39 is 0 Å². The highest BCUT2D eigenvalue weighted by molar-refractivity contribution is 5.34. The number of hydrogen-bond donors (Lipinski definition) is 2. The maximum absolute atomic E-state index is 5.53. The third-order valence-electron chi connectivity index (χ3n) is 2.17. The quantitative estimate of drug-likeness (QED) is 0.824. The molecular formula is C10H14N6O2. The Labute approximate surface area is 104 Å². The summed E-state index contributed by atoms with van der Waals surface area (Å²) >= 11 is 0. The first-order chi connectivity index (χ1) is 8.58. The standard InChI is InChI=1S/C10H14N6O2/c1-5-4-12-7(18-5)6(2)13-9-14-8(11)15-10(16-9)17-3/h4,6H,1-3H3,(H3,11,13,14,15,16). The highest BCUT2D eigenvalue weighted by atomic mass is 16.5. The molecule has 8 heteroatoms. The van der Waals surface area contributed by atoms with Crippen molar-refractivity contribution in [2.24, 2.45) is 0 Å². The fraction of sp³-hybridized carbons (Fsp3) is 0.400. The Bertz CT molecular complexity index is 541. The Kier molecular flexibility index (Phi) is 3.26. The van der Waals surface area contributed by atoms with E-state index in [2.05, 4.69) is 25.3 Å². The van der Waals surface area contributed by atoms with Crippen LogP contribution in [0.1, 0.15) is 24.6 Å². The topological polar surface area (TPSA) is 112 Å². The predicted molar refractivity (Wildman–Crippen MR) is 64.1 cm³/mol. The minimum atomic E-state index is -0.190. The van der Waals surface area contributed by atoms with Crippen LogP contribution in [0.25, 0.3) is 0 Å². The van der Waals surface area contributed by atoms with Crippen molar-refractivity contribution in [3.05, 3.63) is 17.8 Å². The van der Waals surface area contributed by atoms with Crippen LogP contribution in [0.3, 0.4) is 0 Å². The lowest BCUT2D eigenvalue weighted by Crippen LogP contribution is -2.12. The van der Waals surface area contributed by atoms with Gasteiger partial charge in [0.15, 0.2) is 0 Å². The van der Waals surface area contributed by atoms with E-state index in [4.69, 9.17) is 14.9 Å². The molecule has 0 aliphatic heterocycles. The predicted octanol–water partition coefficient (Wildman–Crippen LogP) is 0.932. The van der Waals surface area contributed by atoms with Gasteiger partial charge in [0.1, 0.15) is 11.8 Å². The van der Waals surface area contributed by atoms with E-state index >= 15 is 0 Å². The second-order valence-corrected chi connectivity index (χ2v) is 3.68. The van der Waals surface area contributed by atoms with Gasteiger partial charge in [-0.05, 0) is 13.8 Å². The van der Waals surface area contributed by atoms with Crippen LogP contribution in [0.15, 0.2) is 10.6 Å². The zero-order chi connectivity index (χ0) is 13.1. The number of hydrogen-bond acceptors (Lipinski definition) is 8. The second kappa shape index (κ2) is 4.86. The van der Waals surface area contributed by atoms with Crippen LogP contribution < -0.4 is 15.8 Å². The number of methoxy groups -OCH3 is 1. The molecule has 0 fully saturated rings. The molecule has 2 heterocycles. The summed E-state index contributed by atoms with van der Waals surface area (Å²) in [6.45, 7) is 3.70. The van der Waals surface area contributed by atoms with Crippen LogP contribution in [0.4, 0.5) is 11.9 Å². The van der Waals surface area contributed by atoms with Gasteiger partial charge in [0.25, 0.3) is 0 Å². The summed E-state index contributed by atoms with van der Waals surface area (Å²) in [7, 11) is 1.46.